The van der Waals surface area contributed by atoms with Gasteiger partial charge in [-0.25, -0.2) is 6.57 Å². The van der Waals surface area contributed by atoms with E-state index in [0.29, 0.717) is 13.0 Å². The van der Waals surface area contributed by atoms with Gasteiger partial charge in [0.2, 0.25) is 6.54 Å². The van der Waals surface area contributed by atoms with Crippen molar-refractivity contribution in [2.45, 2.75) is 6.42 Å². The van der Waals surface area contributed by atoms with Crippen LogP contribution in [0.5, 0.6) is 0 Å². The van der Waals surface area contributed by atoms with Gasteiger partial charge in [-0.1, -0.05) is 0 Å². The van der Waals surface area contributed by atoms with Crippen molar-refractivity contribution in [3.8, 4) is 6.07 Å². The Morgan fingerprint density at radius 3 is 2.67 bits per heavy atom. The Labute approximate surface area is 36.8 Å². The van der Waals surface area contributed by atoms with Crippen LogP contribution >= 0.6 is 0 Å². The monoisotopic (exact) mass is 80.0 g/mol. The Morgan fingerprint density at radius 1 is 1.83 bits per heavy atom. The van der Waals surface area contributed by atoms with E-state index in [1.54, 1.807) is 0 Å². The van der Waals surface area contributed by atoms with E-state index in [2.05, 4.69) is 4.85 Å². The number of nitrogens with zero attached hydrogens (tertiary/aromatic N) is 2. The van der Waals surface area contributed by atoms with Crippen LogP contribution in [0.3, 0.4) is 0 Å². The van der Waals surface area contributed by atoms with E-state index in [-0.39, 0.29) is 0 Å². The van der Waals surface area contributed by atoms with E-state index >= 15 is 0 Å². The van der Waals surface area contributed by atoms with Crippen LogP contribution < -0.4 is 0 Å². The second kappa shape index (κ2) is 3.98. The SMILES string of the molecule is [C-]#[N+]CCC#N. The highest BCUT2D eigenvalue weighted by molar-refractivity contribution is 4.74. The number of hydrogen-bond acceptors (Lipinski definition) is 1. The fourth-order valence-electron chi connectivity index (χ4n) is 0.106. The van der Waals surface area contributed by atoms with E-state index in [1.165, 1.54) is 0 Å². The molecule has 0 aliphatic rings. The van der Waals surface area contributed by atoms with Crippen molar-refractivity contribution < 1.29 is 0 Å². The van der Waals surface area contributed by atoms with E-state index in [1.807, 2.05) is 6.07 Å². The Hall–Kier alpha value is -1.02. The minimum absolute atomic E-state index is 0.344. The van der Waals surface area contributed by atoms with Gasteiger partial charge in [0.25, 0.3) is 0 Å². The van der Waals surface area contributed by atoms with Gasteiger partial charge in [-0.15, -0.1) is 0 Å². The van der Waals surface area contributed by atoms with Crippen LogP contribution in [0.1, 0.15) is 6.42 Å². The highest BCUT2D eigenvalue weighted by atomic mass is 14.6. The summed E-state index contributed by atoms with van der Waals surface area (Å²) in [7, 11) is 0. The summed E-state index contributed by atoms with van der Waals surface area (Å²) in [5.74, 6) is 0. The van der Waals surface area contributed by atoms with Crippen LogP contribution in [0.2, 0.25) is 0 Å². The third-order valence-corrected chi connectivity index (χ3v) is 0.335. The van der Waals surface area contributed by atoms with Crippen LogP contribution in [0.25, 0.3) is 4.85 Å². The number of rotatable bonds is 1. The lowest BCUT2D eigenvalue weighted by atomic mass is 10.5. The average molecular weight is 80.1 g/mol. The molecule has 0 aromatic carbocycles. The molecule has 0 radical (unpaired) electrons. The van der Waals surface area contributed by atoms with E-state index in [4.69, 9.17) is 11.8 Å². The zero-order valence-corrected chi connectivity index (χ0v) is 3.31. The molecule has 0 atom stereocenters. The zero-order valence-electron chi connectivity index (χ0n) is 3.31. The molecule has 0 aliphatic heterocycles. The van der Waals surface area contributed by atoms with Gasteiger partial charge in [0.15, 0.2) is 0 Å². The first kappa shape index (κ1) is 4.98. The molecule has 0 bridgehead atoms. The molecule has 0 unspecified atom stereocenters. The molecule has 0 rings (SSSR count). The molecule has 0 spiro atoms. The summed E-state index contributed by atoms with van der Waals surface area (Å²) in [4.78, 5) is 2.95. The van der Waals surface area contributed by atoms with Gasteiger partial charge in [-0.05, 0) is 0 Å². The van der Waals surface area contributed by atoms with Crippen molar-refractivity contribution in [3.63, 3.8) is 0 Å². The lowest BCUT2D eigenvalue weighted by Gasteiger charge is -1.64. The standard InChI is InChI=1S/C4H4N2/c1-6-4-2-3-5/h2,4H2. The van der Waals surface area contributed by atoms with E-state index < -0.39 is 0 Å². The van der Waals surface area contributed by atoms with Crippen LogP contribution in [0.15, 0.2) is 0 Å². The van der Waals surface area contributed by atoms with Crippen LogP contribution in [0, 0.1) is 17.9 Å². The normalized spacial score (nSPS) is 5.67. The molecule has 0 aliphatic carbocycles. The summed E-state index contributed by atoms with van der Waals surface area (Å²) < 4.78 is 0. The summed E-state index contributed by atoms with van der Waals surface area (Å²) in [5, 5.41) is 7.80. The Balaban J connectivity index is 2.78. The predicted octanol–water partition coefficient (Wildman–Crippen LogP) is 0.819. The van der Waals surface area contributed by atoms with Gasteiger partial charge < -0.3 is 4.85 Å². The van der Waals surface area contributed by atoms with Gasteiger partial charge in [-0.2, -0.15) is 5.26 Å². The van der Waals surface area contributed by atoms with Crippen molar-refractivity contribution in [3.05, 3.63) is 11.4 Å². The second-order valence-electron chi connectivity index (χ2n) is 0.790. The molecule has 0 aromatic rings. The fraction of sp³-hybridized carbons (Fsp3) is 0.500. The highest BCUT2D eigenvalue weighted by Gasteiger charge is 1.76. The van der Waals surface area contributed by atoms with Crippen LogP contribution in [-0.4, -0.2) is 6.54 Å². The maximum atomic E-state index is 7.80. The molecule has 30 valence electrons. The van der Waals surface area contributed by atoms with Crippen LogP contribution in [-0.2, 0) is 0 Å². The predicted molar refractivity (Wildman–Crippen MR) is 21.7 cm³/mol. The Bertz CT molecular complexity index is 79.1. The molecule has 2 nitrogen and oxygen atoms in total. The zero-order chi connectivity index (χ0) is 4.83. The first-order valence-electron chi connectivity index (χ1n) is 1.62. The first-order chi connectivity index (χ1) is 2.91. The molecule has 0 heterocycles. The molecule has 0 saturated heterocycles. The highest BCUT2D eigenvalue weighted by Crippen LogP contribution is 1.72. The number of nitriles is 1. The summed E-state index contributed by atoms with van der Waals surface area (Å²) in [5.41, 5.74) is 0. The molecule has 6 heavy (non-hydrogen) atoms. The topological polar surface area (TPSA) is 28.1 Å². The molecule has 0 aromatic heterocycles. The third kappa shape index (κ3) is 2.98. The van der Waals surface area contributed by atoms with Gasteiger partial charge >= 0.3 is 0 Å². The van der Waals surface area contributed by atoms with Crippen LogP contribution in [0.4, 0.5) is 0 Å². The van der Waals surface area contributed by atoms with E-state index in [0.717, 1.165) is 0 Å². The molecular formula is C4H4N2. The maximum absolute atomic E-state index is 7.80. The van der Waals surface area contributed by atoms with Gasteiger partial charge in [0.1, 0.15) is 6.42 Å². The molecular weight excluding hydrogens is 76.1 g/mol. The second-order valence-corrected chi connectivity index (χ2v) is 0.790. The summed E-state index contributed by atoms with van der Waals surface area (Å²) in [6.07, 6.45) is 0.365. The summed E-state index contributed by atoms with van der Waals surface area (Å²) in [6.45, 7) is 6.52. The minimum Gasteiger partial charge on any atom is -0.316 e. The fourth-order valence-corrected chi connectivity index (χ4v) is 0.106. The summed E-state index contributed by atoms with van der Waals surface area (Å²) in [6, 6.07) is 1.85. The molecule has 0 N–H and O–H groups in total. The van der Waals surface area contributed by atoms with Gasteiger partial charge in [0.05, 0.1) is 6.07 Å². The lowest BCUT2D eigenvalue weighted by Crippen LogP contribution is -1.66. The largest absolute Gasteiger partial charge is 0.316 e. The molecule has 2 heteroatoms. The van der Waals surface area contributed by atoms with Crippen molar-refractivity contribution in [2.24, 2.45) is 0 Å². The molecule has 0 fully saturated rings. The van der Waals surface area contributed by atoms with Crippen molar-refractivity contribution >= 4 is 0 Å². The van der Waals surface area contributed by atoms with Gasteiger partial charge in [-0.3, -0.25) is 0 Å². The number of hydrogen-bond donors (Lipinski definition) is 0. The van der Waals surface area contributed by atoms with Crippen molar-refractivity contribution in [2.75, 3.05) is 6.54 Å². The van der Waals surface area contributed by atoms with Crippen molar-refractivity contribution in [1.29, 1.82) is 5.26 Å². The molecule has 0 amide bonds. The lowest BCUT2D eigenvalue weighted by molar-refractivity contribution is 1.15. The van der Waals surface area contributed by atoms with Crippen molar-refractivity contribution in [1.82, 2.24) is 0 Å². The van der Waals surface area contributed by atoms with Gasteiger partial charge in [0, 0.05) is 0 Å². The van der Waals surface area contributed by atoms with E-state index in [9.17, 15) is 0 Å². The smallest absolute Gasteiger partial charge is 0.227 e. The minimum atomic E-state index is 0.344. The maximum Gasteiger partial charge on any atom is 0.227 e. The first-order valence-corrected chi connectivity index (χ1v) is 1.62. The Morgan fingerprint density at radius 2 is 2.50 bits per heavy atom. The Kier molecular flexibility index (Phi) is 3.30. The average Bonchev–Trinajstić information content (AvgIpc) is 1.61. The third-order valence-electron chi connectivity index (χ3n) is 0.335. The quantitative estimate of drug-likeness (QED) is 0.338. The molecule has 0 saturated carbocycles. The summed E-state index contributed by atoms with van der Waals surface area (Å²) >= 11 is 0.